The lowest BCUT2D eigenvalue weighted by Gasteiger charge is -1.98. The predicted octanol–water partition coefficient (Wildman–Crippen LogP) is -0.815. The molecule has 0 radical (unpaired) electrons. The van der Waals surface area contributed by atoms with Gasteiger partial charge < -0.3 is 5.73 Å². The Balaban J connectivity index is 2.22. The van der Waals surface area contributed by atoms with Crippen LogP contribution in [0.2, 0.25) is 0 Å². The molecule has 0 saturated carbocycles. The van der Waals surface area contributed by atoms with Gasteiger partial charge in [-0.3, -0.25) is 0 Å². The molecular weight excluding hydrogens is 210 g/mol. The Morgan fingerprint density at radius 3 is 3.06 bits per heavy atom. The van der Waals surface area contributed by atoms with E-state index in [2.05, 4.69) is 20.3 Å². The van der Waals surface area contributed by atoms with Gasteiger partial charge in [-0.15, -0.1) is 0 Å². The number of nitrogens with two attached hydrogens (primary N) is 1. The van der Waals surface area contributed by atoms with Crippen LogP contribution in [0.5, 0.6) is 0 Å². The largest absolute Gasteiger partial charge is 0.396 e. The minimum Gasteiger partial charge on any atom is -0.396 e. The highest BCUT2D eigenvalue weighted by Gasteiger charge is 2.04. The number of anilines is 1. The summed E-state index contributed by atoms with van der Waals surface area (Å²) in [6, 6.07) is 1.63. The van der Waals surface area contributed by atoms with E-state index in [1.54, 1.807) is 12.3 Å². The first kappa shape index (κ1) is 8.65. The Hall–Kier alpha value is -2.64. The Morgan fingerprint density at radius 1 is 1.44 bits per heavy atom. The number of aromatic amines is 1. The van der Waals surface area contributed by atoms with Crippen molar-refractivity contribution in [2.75, 3.05) is 5.73 Å². The van der Waals surface area contributed by atoms with E-state index in [9.17, 15) is 4.79 Å². The minimum absolute atomic E-state index is 0.325. The lowest BCUT2D eigenvalue weighted by atomic mass is 10.5. The van der Waals surface area contributed by atoms with Gasteiger partial charge in [-0.25, -0.2) is 24.0 Å². The van der Waals surface area contributed by atoms with Crippen LogP contribution in [0.1, 0.15) is 0 Å². The number of nitrogens with zero attached hydrogens (tertiary/aromatic N) is 5. The first-order chi connectivity index (χ1) is 7.74. The fourth-order valence-corrected chi connectivity index (χ4v) is 1.39. The summed E-state index contributed by atoms with van der Waals surface area (Å²) in [4.78, 5) is 15.3. The Kier molecular flexibility index (Phi) is 1.58. The molecule has 8 heteroatoms. The fourth-order valence-electron chi connectivity index (χ4n) is 1.39. The molecule has 0 aliphatic rings. The molecule has 0 aliphatic heterocycles. The number of fused-ring (bicyclic) bond motifs is 1. The molecule has 16 heavy (non-hydrogen) atoms. The van der Waals surface area contributed by atoms with Gasteiger partial charge in [-0.1, -0.05) is 0 Å². The second kappa shape index (κ2) is 2.92. The van der Waals surface area contributed by atoms with Crippen molar-refractivity contribution in [3.8, 4) is 5.82 Å². The summed E-state index contributed by atoms with van der Waals surface area (Å²) in [5.41, 5.74) is 6.24. The van der Waals surface area contributed by atoms with E-state index in [0.29, 0.717) is 17.2 Å². The van der Waals surface area contributed by atoms with E-state index in [-0.39, 0.29) is 5.69 Å². The molecule has 0 aliphatic carbocycles. The Morgan fingerprint density at radius 2 is 2.31 bits per heavy atom. The van der Waals surface area contributed by atoms with Crippen molar-refractivity contribution < 1.29 is 0 Å². The zero-order chi connectivity index (χ0) is 11.1. The van der Waals surface area contributed by atoms with Crippen LogP contribution in [0, 0.1) is 0 Å². The van der Waals surface area contributed by atoms with Crippen LogP contribution in [0.15, 0.2) is 29.6 Å². The molecule has 0 aromatic carbocycles. The zero-order valence-electron chi connectivity index (χ0n) is 8.03. The molecule has 0 unspecified atom stereocenters. The van der Waals surface area contributed by atoms with E-state index < -0.39 is 0 Å². The van der Waals surface area contributed by atoms with Crippen molar-refractivity contribution in [1.82, 2.24) is 29.4 Å². The first-order valence-electron chi connectivity index (χ1n) is 4.47. The molecule has 0 fully saturated rings. The van der Waals surface area contributed by atoms with Gasteiger partial charge in [0.05, 0.1) is 18.1 Å². The Labute approximate surface area is 88.3 Å². The van der Waals surface area contributed by atoms with E-state index in [0.717, 1.165) is 0 Å². The molecule has 3 rings (SSSR count). The number of nitrogens with one attached hydrogen (secondary N) is 1. The average molecular weight is 217 g/mol. The summed E-state index contributed by atoms with van der Waals surface area (Å²) in [5.74, 6) is 0.545. The molecule has 3 heterocycles. The third-order valence-electron chi connectivity index (χ3n) is 2.13. The molecule has 80 valence electrons. The van der Waals surface area contributed by atoms with Crippen molar-refractivity contribution in [2.45, 2.75) is 0 Å². The summed E-state index contributed by atoms with van der Waals surface area (Å²) >= 11 is 0. The fraction of sp³-hybridized carbons (Fsp3) is 0. The lowest BCUT2D eigenvalue weighted by molar-refractivity contribution is 0.835. The molecule has 0 bridgehead atoms. The van der Waals surface area contributed by atoms with Crippen LogP contribution in [0.3, 0.4) is 0 Å². The van der Waals surface area contributed by atoms with Gasteiger partial charge in [0.25, 0.3) is 0 Å². The molecule has 0 atom stereocenters. The number of hydrogen-bond donors (Lipinski definition) is 2. The van der Waals surface area contributed by atoms with E-state index in [1.165, 1.54) is 21.6 Å². The van der Waals surface area contributed by atoms with Crippen LogP contribution in [0.25, 0.3) is 11.5 Å². The predicted molar refractivity (Wildman–Crippen MR) is 55.1 cm³/mol. The summed E-state index contributed by atoms with van der Waals surface area (Å²) in [5, 5.41) is 10.2. The van der Waals surface area contributed by atoms with Crippen LogP contribution in [-0.2, 0) is 0 Å². The normalized spacial score (nSPS) is 11.0. The van der Waals surface area contributed by atoms with Crippen molar-refractivity contribution in [3.63, 3.8) is 0 Å². The third-order valence-corrected chi connectivity index (χ3v) is 2.13. The van der Waals surface area contributed by atoms with Gasteiger partial charge in [-0.05, 0) is 0 Å². The second-order valence-electron chi connectivity index (χ2n) is 3.22. The smallest absolute Gasteiger partial charge is 0.348 e. The van der Waals surface area contributed by atoms with E-state index in [4.69, 9.17) is 5.73 Å². The third kappa shape index (κ3) is 1.16. The van der Waals surface area contributed by atoms with Gasteiger partial charge in [0.2, 0.25) is 0 Å². The average Bonchev–Trinajstić information content (AvgIpc) is 2.86. The SMILES string of the molecule is Nc1cnn(-c2cc3n[nH]c(=O)n3cn2)c1. The highest BCUT2D eigenvalue weighted by molar-refractivity contribution is 5.43. The Bertz CT molecular complexity index is 706. The molecule has 8 nitrogen and oxygen atoms in total. The zero-order valence-corrected chi connectivity index (χ0v) is 8.03. The van der Waals surface area contributed by atoms with Crippen LogP contribution < -0.4 is 11.4 Å². The number of aromatic nitrogens is 6. The first-order valence-corrected chi connectivity index (χ1v) is 4.47. The second-order valence-corrected chi connectivity index (χ2v) is 3.22. The summed E-state index contributed by atoms with van der Waals surface area (Å²) in [6.45, 7) is 0. The van der Waals surface area contributed by atoms with Gasteiger partial charge in [-0.2, -0.15) is 10.2 Å². The van der Waals surface area contributed by atoms with Crippen LogP contribution in [0.4, 0.5) is 5.69 Å². The van der Waals surface area contributed by atoms with Gasteiger partial charge in [0.15, 0.2) is 11.5 Å². The summed E-state index contributed by atoms with van der Waals surface area (Å²) in [7, 11) is 0. The standard InChI is InChI=1S/C8H7N7O/c9-5-2-11-15(3-5)6-1-7-12-13-8(16)14(7)4-10-6/h1-4H,9H2,(H,13,16). The lowest BCUT2D eigenvalue weighted by Crippen LogP contribution is -2.10. The number of nitrogen functional groups attached to an aromatic ring is 1. The quantitative estimate of drug-likeness (QED) is 0.554. The van der Waals surface area contributed by atoms with Gasteiger partial charge >= 0.3 is 5.69 Å². The maximum atomic E-state index is 11.2. The van der Waals surface area contributed by atoms with E-state index in [1.807, 2.05) is 0 Å². The molecule has 0 saturated heterocycles. The summed E-state index contributed by atoms with van der Waals surface area (Å²) < 4.78 is 2.81. The van der Waals surface area contributed by atoms with Gasteiger partial charge in [0.1, 0.15) is 6.33 Å². The summed E-state index contributed by atoms with van der Waals surface area (Å²) in [6.07, 6.45) is 4.53. The molecule has 3 N–H and O–H groups in total. The highest BCUT2D eigenvalue weighted by atomic mass is 16.1. The van der Waals surface area contributed by atoms with Gasteiger partial charge in [0, 0.05) is 6.07 Å². The van der Waals surface area contributed by atoms with Crippen LogP contribution in [-0.4, -0.2) is 29.4 Å². The maximum Gasteiger partial charge on any atom is 0.348 e. The molecule has 3 aromatic rings. The van der Waals surface area contributed by atoms with Crippen molar-refractivity contribution in [2.24, 2.45) is 0 Å². The van der Waals surface area contributed by atoms with Crippen molar-refractivity contribution in [1.29, 1.82) is 0 Å². The molecule has 3 aromatic heterocycles. The molecule has 0 spiro atoms. The number of hydrogen-bond acceptors (Lipinski definition) is 5. The van der Waals surface area contributed by atoms with Crippen molar-refractivity contribution >= 4 is 11.3 Å². The highest BCUT2D eigenvalue weighted by Crippen LogP contribution is 2.07. The topological polar surface area (TPSA) is 107 Å². The van der Waals surface area contributed by atoms with Crippen molar-refractivity contribution in [3.05, 3.63) is 35.3 Å². The van der Waals surface area contributed by atoms with Crippen LogP contribution >= 0.6 is 0 Å². The molecular formula is C8H7N7O. The minimum atomic E-state index is -0.325. The molecule has 0 amide bonds. The monoisotopic (exact) mass is 217 g/mol. The van der Waals surface area contributed by atoms with E-state index >= 15 is 0 Å². The number of H-pyrrole nitrogens is 1. The maximum absolute atomic E-state index is 11.2. The number of rotatable bonds is 1.